The van der Waals surface area contributed by atoms with Crippen LogP contribution in [-0.4, -0.2) is 52.9 Å². The minimum Gasteiger partial charge on any atom is -0.364 e. The normalized spacial score (nSPS) is 21.3. The molecule has 6 nitrogen and oxygen atoms in total. The van der Waals surface area contributed by atoms with Crippen molar-refractivity contribution in [2.24, 2.45) is 11.8 Å². The Balaban J connectivity index is 1.24. The fourth-order valence-electron chi connectivity index (χ4n) is 4.57. The van der Waals surface area contributed by atoms with Crippen LogP contribution in [-0.2, 0) is 11.2 Å². The molecule has 2 aliphatic rings. The number of hydrogen-bond acceptors (Lipinski definition) is 4. The van der Waals surface area contributed by atoms with E-state index in [2.05, 4.69) is 23.4 Å². The van der Waals surface area contributed by atoms with Gasteiger partial charge in [0, 0.05) is 44.1 Å². The predicted molar refractivity (Wildman–Crippen MR) is 104 cm³/mol. The van der Waals surface area contributed by atoms with Gasteiger partial charge in [-0.25, -0.2) is 0 Å². The Morgan fingerprint density at radius 3 is 2.39 bits per heavy atom. The van der Waals surface area contributed by atoms with Crippen LogP contribution in [0, 0.1) is 11.8 Å². The Kier molecular flexibility index (Phi) is 4.11. The molecule has 0 N–H and O–H groups in total. The standard InChI is InChI=1S/C22H21N3O3/c26-21(10-16-6-3-5-15-4-1-2-7-19(15)16)24-11-17-13-25(14-18(17)12-24)22(27)20-8-9-28-23-20/h1-9,17-18H,10-14H2/t17-,18+. The van der Waals surface area contributed by atoms with Crippen molar-refractivity contribution in [1.82, 2.24) is 15.0 Å². The summed E-state index contributed by atoms with van der Waals surface area (Å²) in [4.78, 5) is 29.2. The molecule has 2 aromatic carbocycles. The van der Waals surface area contributed by atoms with E-state index in [-0.39, 0.29) is 11.8 Å². The van der Waals surface area contributed by atoms with Gasteiger partial charge in [0.15, 0.2) is 5.69 Å². The lowest BCUT2D eigenvalue weighted by Crippen LogP contribution is -2.36. The third-order valence-corrected chi connectivity index (χ3v) is 6.00. The molecule has 2 amide bonds. The van der Waals surface area contributed by atoms with Gasteiger partial charge < -0.3 is 14.3 Å². The monoisotopic (exact) mass is 375 g/mol. The van der Waals surface area contributed by atoms with Gasteiger partial charge in [-0.15, -0.1) is 0 Å². The fourth-order valence-corrected chi connectivity index (χ4v) is 4.57. The molecule has 3 aromatic rings. The second kappa shape index (κ2) is 6.78. The maximum Gasteiger partial charge on any atom is 0.276 e. The van der Waals surface area contributed by atoms with Crippen molar-refractivity contribution in [3.05, 3.63) is 66.1 Å². The second-order valence-corrected chi connectivity index (χ2v) is 7.73. The lowest BCUT2D eigenvalue weighted by Gasteiger charge is -2.21. The SMILES string of the molecule is O=C(Cc1cccc2ccccc12)N1C[C@@H]2CN(C(=O)c3ccon3)C[C@@H]2C1. The highest BCUT2D eigenvalue weighted by Gasteiger charge is 2.43. The van der Waals surface area contributed by atoms with E-state index in [4.69, 9.17) is 4.52 Å². The predicted octanol–water partition coefficient (Wildman–Crippen LogP) is 2.60. The number of amides is 2. The number of carbonyl (C=O) groups is 2. The first kappa shape index (κ1) is 17.0. The lowest BCUT2D eigenvalue weighted by atomic mass is 10.0. The molecule has 0 aliphatic carbocycles. The number of benzene rings is 2. The first-order valence-electron chi connectivity index (χ1n) is 9.63. The van der Waals surface area contributed by atoms with Crippen molar-refractivity contribution in [2.45, 2.75) is 6.42 Å². The zero-order valence-corrected chi connectivity index (χ0v) is 15.5. The van der Waals surface area contributed by atoms with Gasteiger partial charge in [0.1, 0.15) is 6.26 Å². The Bertz CT molecular complexity index is 1010. The summed E-state index contributed by atoms with van der Waals surface area (Å²) in [5, 5.41) is 6.04. The third-order valence-electron chi connectivity index (χ3n) is 6.00. The molecular weight excluding hydrogens is 354 g/mol. The number of nitrogens with zero attached hydrogens (tertiary/aromatic N) is 3. The quantitative estimate of drug-likeness (QED) is 0.706. The molecule has 2 atom stereocenters. The highest BCUT2D eigenvalue weighted by atomic mass is 16.5. The third kappa shape index (κ3) is 2.95. The van der Waals surface area contributed by atoms with Crippen molar-refractivity contribution in [2.75, 3.05) is 26.2 Å². The minimum absolute atomic E-state index is 0.0863. The van der Waals surface area contributed by atoms with Crippen LogP contribution in [0.4, 0.5) is 0 Å². The van der Waals surface area contributed by atoms with E-state index in [9.17, 15) is 9.59 Å². The van der Waals surface area contributed by atoms with E-state index in [1.807, 2.05) is 34.1 Å². The molecular formula is C22H21N3O3. The van der Waals surface area contributed by atoms with Gasteiger partial charge in [0.2, 0.25) is 5.91 Å². The van der Waals surface area contributed by atoms with E-state index >= 15 is 0 Å². The van der Waals surface area contributed by atoms with Gasteiger partial charge in [-0.05, 0) is 16.3 Å². The van der Waals surface area contributed by atoms with Crippen molar-refractivity contribution in [3.63, 3.8) is 0 Å². The van der Waals surface area contributed by atoms with Gasteiger partial charge in [0.05, 0.1) is 6.42 Å². The first-order valence-corrected chi connectivity index (χ1v) is 9.63. The highest BCUT2D eigenvalue weighted by Crippen LogP contribution is 2.32. The van der Waals surface area contributed by atoms with E-state index in [0.717, 1.165) is 29.4 Å². The summed E-state index contributed by atoms with van der Waals surface area (Å²) in [7, 11) is 0. The van der Waals surface area contributed by atoms with Crippen molar-refractivity contribution >= 4 is 22.6 Å². The number of hydrogen-bond donors (Lipinski definition) is 0. The molecule has 0 spiro atoms. The highest BCUT2D eigenvalue weighted by molar-refractivity contribution is 5.92. The minimum atomic E-state index is -0.0863. The van der Waals surface area contributed by atoms with E-state index in [1.165, 1.54) is 6.26 Å². The van der Waals surface area contributed by atoms with E-state index in [1.54, 1.807) is 6.07 Å². The smallest absolute Gasteiger partial charge is 0.276 e. The maximum absolute atomic E-state index is 12.9. The van der Waals surface area contributed by atoms with Crippen molar-refractivity contribution < 1.29 is 14.1 Å². The lowest BCUT2D eigenvalue weighted by molar-refractivity contribution is -0.129. The number of aromatic nitrogens is 1. The van der Waals surface area contributed by atoms with Crippen molar-refractivity contribution in [1.29, 1.82) is 0 Å². The van der Waals surface area contributed by atoms with Crippen LogP contribution >= 0.6 is 0 Å². The molecule has 0 radical (unpaired) electrons. The summed E-state index contributed by atoms with van der Waals surface area (Å²) >= 11 is 0. The molecule has 28 heavy (non-hydrogen) atoms. The molecule has 2 fully saturated rings. The number of carbonyl (C=O) groups excluding carboxylic acids is 2. The Morgan fingerprint density at radius 1 is 0.929 bits per heavy atom. The van der Waals surface area contributed by atoms with Crippen LogP contribution in [0.3, 0.4) is 0 Å². The molecule has 2 aliphatic heterocycles. The second-order valence-electron chi connectivity index (χ2n) is 7.73. The Morgan fingerprint density at radius 2 is 1.64 bits per heavy atom. The molecule has 0 bridgehead atoms. The van der Waals surface area contributed by atoms with Crippen LogP contribution in [0.1, 0.15) is 16.1 Å². The van der Waals surface area contributed by atoms with Gasteiger partial charge >= 0.3 is 0 Å². The molecule has 3 heterocycles. The van der Waals surface area contributed by atoms with E-state index < -0.39 is 0 Å². The average molecular weight is 375 g/mol. The van der Waals surface area contributed by atoms with Gasteiger partial charge in [-0.3, -0.25) is 9.59 Å². The summed E-state index contributed by atoms with van der Waals surface area (Å²) in [5.41, 5.74) is 1.42. The summed E-state index contributed by atoms with van der Waals surface area (Å²) in [5.74, 6) is 0.761. The number of fused-ring (bicyclic) bond motifs is 2. The zero-order chi connectivity index (χ0) is 19.1. The average Bonchev–Trinajstić information content (AvgIpc) is 3.44. The van der Waals surface area contributed by atoms with Crippen LogP contribution in [0.5, 0.6) is 0 Å². The first-order chi connectivity index (χ1) is 13.7. The Hall–Kier alpha value is -3.15. The molecule has 5 rings (SSSR count). The van der Waals surface area contributed by atoms with Gasteiger partial charge in [-0.2, -0.15) is 0 Å². The maximum atomic E-state index is 12.9. The van der Waals surface area contributed by atoms with Crippen LogP contribution < -0.4 is 0 Å². The Labute approximate surface area is 162 Å². The molecule has 6 heteroatoms. The van der Waals surface area contributed by atoms with Crippen LogP contribution in [0.2, 0.25) is 0 Å². The van der Waals surface area contributed by atoms with Gasteiger partial charge in [-0.1, -0.05) is 47.6 Å². The summed E-state index contributed by atoms with van der Waals surface area (Å²) in [6, 6.07) is 15.9. The summed E-state index contributed by atoms with van der Waals surface area (Å²) in [6.07, 6.45) is 1.83. The number of likely N-dealkylation sites (tertiary alicyclic amines) is 2. The molecule has 142 valence electrons. The summed E-state index contributed by atoms with van der Waals surface area (Å²) in [6.45, 7) is 2.79. The van der Waals surface area contributed by atoms with Crippen LogP contribution in [0.25, 0.3) is 10.8 Å². The van der Waals surface area contributed by atoms with Crippen LogP contribution in [0.15, 0.2) is 59.3 Å². The fraction of sp³-hybridized carbons (Fsp3) is 0.318. The van der Waals surface area contributed by atoms with Crippen molar-refractivity contribution in [3.8, 4) is 0 Å². The molecule has 0 saturated carbocycles. The van der Waals surface area contributed by atoms with Gasteiger partial charge in [0.25, 0.3) is 5.91 Å². The summed E-state index contributed by atoms with van der Waals surface area (Å²) < 4.78 is 4.77. The molecule has 1 aromatic heterocycles. The zero-order valence-electron chi connectivity index (χ0n) is 15.5. The van der Waals surface area contributed by atoms with E-state index in [0.29, 0.717) is 37.0 Å². The molecule has 2 saturated heterocycles. The largest absolute Gasteiger partial charge is 0.364 e. The topological polar surface area (TPSA) is 66.7 Å². The number of rotatable bonds is 3. The molecule has 0 unspecified atom stereocenters.